The highest BCUT2D eigenvalue weighted by Crippen LogP contribution is 2.42. The lowest BCUT2D eigenvalue weighted by molar-refractivity contribution is 0.0514. The smallest absolute Gasteiger partial charge is 0.156 e. The Morgan fingerprint density at radius 3 is 2.58 bits per heavy atom. The molecule has 0 spiro atoms. The predicted octanol–water partition coefficient (Wildman–Crippen LogP) is 4.63. The van der Waals surface area contributed by atoms with Gasteiger partial charge >= 0.3 is 0 Å². The first-order valence-electron chi connectivity index (χ1n) is 9.41. The molecule has 3 atom stereocenters. The van der Waals surface area contributed by atoms with E-state index in [0.717, 1.165) is 17.7 Å². The molecule has 4 rings (SSSR count). The summed E-state index contributed by atoms with van der Waals surface area (Å²) in [6.45, 7) is 1.83. The number of aliphatic hydroxyl groups excluding tert-OH is 1. The van der Waals surface area contributed by atoms with Crippen LogP contribution in [0.15, 0.2) is 60.5 Å². The third-order valence-electron chi connectivity index (χ3n) is 5.11. The zero-order chi connectivity index (χ0) is 22.0. The van der Waals surface area contributed by atoms with Gasteiger partial charge in [-0.25, -0.2) is 23.4 Å². The van der Waals surface area contributed by atoms with Crippen molar-refractivity contribution in [3.8, 4) is 17.3 Å². The van der Waals surface area contributed by atoms with E-state index in [4.69, 9.17) is 5.26 Å². The minimum Gasteiger partial charge on any atom is -0.371 e. The topological polar surface area (TPSA) is 87.6 Å². The summed E-state index contributed by atoms with van der Waals surface area (Å²) in [5.41, 5.74) is 2.27. The summed E-state index contributed by atoms with van der Waals surface area (Å²) >= 11 is 1.38. The number of nitrogens with zero attached hydrogens (tertiary/aromatic N) is 5. The van der Waals surface area contributed by atoms with Crippen LogP contribution in [0.2, 0.25) is 0 Å². The van der Waals surface area contributed by atoms with Crippen molar-refractivity contribution >= 4 is 11.3 Å². The van der Waals surface area contributed by atoms with Gasteiger partial charge in [0.2, 0.25) is 0 Å². The number of hydrogen-bond acceptors (Lipinski definition) is 6. The van der Waals surface area contributed by atoms with E-state index in [-0.39, 0.29) is 5.56 Å². The van der Waals surface area contributed by atoms with Gasteiger partial charge in [-0.3, -0.25) is 0 Å². The SMILES string of the molecule is CC(c1nc(-c2ccc(C#N)cc2)cs1)C(c1ccc(F)cc1F)C(O)n1cncn1. The number of rotatable bonds is 6. The molecule has 4 aromatic rings. The van der Waals surface area contributed by atoms with E-state index in [1.165, 1.54) is 34.7 Å². The predicted molar refractivity (Wildman–Crippen MR) is 111 cm³/mol. The third kappa shape index (κ3) is 4.21. The number of hydrogen-bond donors (Lipinski definition) is 1. The number of halogens is 2. The number of aromatic nitrogens is 4. The van der Waals surface area contributed by atoms with E-state index in [1.807, 2.05) is 24.4 Å². The van der Waals surface area contributed by atoms with E-state index in [1.54, 1.807) is 12.1 Å². The van der Waals surface area contributed by atoms with Crippen molar-refractivity contribution in [1.29, 1.82) is 5.26 Å². The van der Waals surface area contributed by atoms with Crippen LogP contribution < -0.4 is 0 Å². The molecule has 0 radical (unpaired) electrons. The molecule has 0 saturated heterocycles. The number of thiazole rings is 1. The Labute approximate surface area is 181 Å². The van der Waals surface area contributed by atoms with Crippen LogP contribution in [0, 0.1) is 23.0 Å². The summed E-state index contributed by atoms with van der Waals surface area (Å²) in [5, 5.41) is 26.5. The van der Waals surface area contributed by atoms with Crippen molar-refractivity contribution in [2.45, 2.75) is 25.0 Å². The molecule has 31 heavy (non-hydrogen) atoms. The van der Waals surface area contributed by atoms with Crippen LogP contribution in [0.25, 0.3) is 11.3 Å². The zero-order valence-corrected chi connectivity index (χ0v) is 17.2. The maximum atomic E-state index is 14.7. The van der Waals surface area contributed by atoms with Crippen molar-refractivity contribution in [1.82, 2.24) is 19.7 Å². The Morgan fingerprint density at radius 2 is 1.94 bits per heavy atom. The highest BCUT2D eigenvalue weighted by molar-refractivity contribution is 7.10. The summed E-state index contributed by atoms with van der Waals surface area (Å²) in [6, 6.07) is 12.4. The van der Waals surface area contributed by atoms with Crippen molar-refractivity contribution < 1.29 is 13.9 Å². The molecule has 0 bridgehead atoms. The van der Waals surface area contributed by atoms with Gasteiger partial charge in [0.25, 0.3) is 0 Å². The average Bonchev–Trinajstić information content (AvgIpc) is 3.48. The fourth-order valence-electron chi connectivity index (χ4n) is 3.48. The summed E-state index contributed by atoms with van der Waals surface area (Å²) in [7, 11) is 0. The molecule has 0 amide bonds. The van der Waals surface area contributed by atoms with Crippen LogP contribution in [0.5, 0.6) is 0 Å². The molecular weight excluding hydrogens is 420 g/mol. The van der Waals surface area contributed by atoms with E-state index >= 15 is 0 Å². The second-order valence-electron chi connectivity index (χ2n) is 7.03. The minimum absolute atomic E-state index is 0.159. The van der Waals surface area contributed by atoms with Crippen LogP contribution in [0.3, 0.4) is 0 Å². The first-order chi connectivity index (χ1) is 15.0. The number of benzene rings is 2. The molecule has 9 heteroatoms. The highest BCUT2D eigenvalue weighted by atomic mass is 32.1. The van der Waals surface area contributed by atoms with E-state index < -0.39 is 29.7 Å². The Morgan fingerprint density at radius 1 is 1.16 bits per heavy atom. The zero-order valence-electron chi connectivity index (χ0n) is 16.4. The molecule has 2 aromatic carbocycles. The van der Waals surface area contributed by atoms with E-state index in [0.29, 0.717) is 16.3 Å². The molecule has 156 valence electrons. The summed E-state index contributed by atoms with van der Waals surface area (Å²) in [6.07, 6.45) is 1.38. The molecule has 0 aliphatic rings. The van der Waals surface area contributed by atoms with Crippen LogP contribution in [0.1, 0.15) is 41.1 Å². The van der Waals surface area contributed by atoms with Crippen LogP contribution in [-0.4, -0.2) is 24.9 Å². The molecule has 0 saturated carbocycles. The lowest BCUT2D eigenvalue weighted by Crippen LogP contribution is -2.23. The Hall–Kier alpha value is -3.48. The van der Waals surface area contributed by atoms with Crippen molar-refractivity contribution in [2.24, 2.45) is 0 Å². The van der Waals surface area contributed by atoms with E-state index in [2.05, 4.69) is 21.1 Å². The van der Waals surface area contributed by atoms with Crippen molar-refractivity contribution in [3.63, 3.8) is 0 Å². The molecule has 0 aliphatic heterocycles. The lowest BCUT2D eigenvalue weighted by Gasteiger charge is -2.28. The molecule has 1 N–H and O–H groups in total. The fourth-order valence-corrected chi connectivity index (χ4v) is 4.41. The van der Waals surface area contributed by atoms with Crippen molar-refractivity contribution in [3.05, 3.63) is 88.3 Å². The monoisotopic (exact) mass is 437 g/mol. The quantitative estimate of drug-likeness (QED) is 0.475. The molecule has 0 fully saturated rings. The fraction of sp³-hybridized carbons (Fsp3) is 0.182. The Bertz CT molecular complexity index is 1220. The van der Waals surface area contributed by atoms with Gasteiger partial charge in [-0.1, -0.05) is 25.1 Å². The first-order valence-corrected chi connectivity index (χ1v) is 10.3. The van der Waals surface area contributed by atoms with Crippen LogP contribution in [-0.2, 0) is 0 Å². The van der Waals surface area contributed by atoms with Crippen molar-refractivity contribution in [2.75, 3.05) is 0 Å². The minimum atomic E-state index is -1.24. The van der Waals surface area contributed by atoms with Gasteiger partial charge < -0.3 is 5.11 Å². The average molecular weight is 437 g/mol. The summed E-state index contributed by atoms with van der Waals surface area (Å²) < 4.78 is 29.4. The van der Waals surface area contributed by atoms with Crippen LogP contribution >= 0.6 is 11.3 Å². The van der Waals surface area contributed by atoms with Gasteiger partial charge in [-0.05, 0) is 23.8 Å². The van der Waals surface area contributed by atoms with Gasteiger partial charge in [-0.2, -0.15) is 10.4 Å². The molecule has 3 unspecified atom stereocenters. The number of aliphatic hydroxyl groups is 1. The molecule has 2 heterocycles. The maximum absolute atomic E-state index is 14.7. The normalized spacial score (nSPS) is 14.0. The summed E-state index contributed by atoms with van der Waals surface area (Å²) in [5.74, 6) is -2.65. The highest BCUT2D eigenvalue weighted by Gasteiger charge is 2.33. The third-order valence-corrected chi connectivity index (χ3v) is 6.16. The molecule has 6 nitrogen and oxygen atoms in total. The summed E-state index contributed by atoms with van der Waals surface area (Å²) in [4.78, 5) is 8.52. The van der Waals surface area contributed by atoms with Gasteiger partial charge in [0.1, 0.15) is 24.3 Å². The standard InChI is InChI=1S/C22H17F2N5OS/c1-13(21-28-19(10-31-21)15-4-2-14(9-25)3-5-15)20(22(30)29-12-26-11-27-29)17-7-6-16(23)8-18(17)24/h2-8,10-13,20,22,30H,1H3. The van der Waals surface area contributed by atoms with E-state index in [9.17, 15) is 13.9 Å². The molecular formula is C22H17F2N5OS. The van der Waals surface area contributed by atoms with Gasteiger partial charge in [0, 0.05) is 28.8 Å². The first kappa shape index (κ1) is 20.8. The van der Waals surface area contributed by atoms with Gasteiger partial charge in [0.15, 0.2) is 6.23 Å². The number of nitriles is 1. The molecule has 2 aromatic heterocycles. The largest absolute Gasteiger partial charge is 0.371 e. The lowest BCUT2D eigenvalue weighted by atomic mass is 9.85. The maximum Gasteiger partial charge on any atom is 0.156 e. The molecule has 0 aliphatic carbocycles. The van der Waals surface area contributed by atoms with Gasteiger partial charge in [0.05, 0.1) is 22.3 Å². The second-order valence-corrected chi connectivity index (χ2v) is 7.92. The van der Waals surface area contributed by atoms with Crippen LogP contribution in [0.4, 0.5) is 8.78 Å². The second kappa shape index (κ2) is 8.71. The van der Waals surface area contributed by atoms with Gasteiger partial charge in [-0.15, -0.1) is 11.3 Å². The Balaban J connectivity index is 1.71. The Kier molecular flexibility index (Phi) is 5.84.